The van der Waals surface area contributed by atoms with Gasteiger partial charge in [0.15, 0.2) is 0 Å². The Labute approximate surface area is 141 Å². The Bertz CT molecular complexity index is 673. The summed E-state index contributed by atoms with van der Waals surface area (Å²) in [5.74, 6) is -0.100. The fourth-order valence-electron chi connectivity index (χ4n) is 2.02. The van der Waals surface area contributed by atoms with Gasteiger partial charge in [0.25, 0.3) is 0 Å². The van der Waals surface area contributed by atoms with Gasteiger partial charge in [0, 0.05) is 12.3 Å². The molecule has 4 N–H and O–H groups in total. The topological polar surface area (TPSA) is 143 Å². The largest absolute Gasteiger partial charge is 0.744 e. The molecule has 1 aromatic carbocycles. The third-order valence-corrected chi connectivity index (χ3v) is 4.25. The highest BCUT2D eigenvalue weighted by molar-refractivity contribution is 7.85. The summed E-state index contributed by atoms with van der Waals surface area (Å²) in [7, 11) is -2.23. The lowest BCUT2D eigenvalue weighted by atomic mass is 10.2. The van der Waals surface area contributed by atoms with E-state index in [9.17, 15) is 13.0 Å². The van der Waals surface area contributed by atoms with Crippen LogP contribution in [0.3, 0.4) is 0 Å². The van der Waals surface area contributed by atoms with E-state index in [2.05, 4.69) is 15.1 Å². The SMILES string of the molecule is CN1CCCC1/C=N/N=C(\N)NO.Cc1ccc(S(=O)(=O)[O-])cc1. The molecular formula is C14H22N5O4S-. The van der Waals surface area contributed by atoms with Crippen molar-refractivity contribution in [2.45, 2.75) is 30.7 Å². The van der Waals surface area contributed by atoms with Crippen LogP contribution in [0, 0.1) is 6.92 Å². The highest BCUT2D eigenvalue weighted by Crippen LogP contribution is 2.12. The molecule has 0 aliphatic carbocycles. The molecule has 10 heteroatoms. The van der Waals surface area contributed by atoms with Crippen molar-refractivity contribution in [2.75, 3.05) is 13.6 Å². The lowest BCUT2D eigenvalue weighted by Crippen LogP contribution is -2.28. The predicted molar refractivity (Wildman–Crippen MR) is 89.8 cm³/mol. The fourth-order valence-corrected chi connectivity index (χ4v) is 2.49. The van der Waals surface area contributed by atoms with E-state index in [-0.39, 0.29) is 10.9 Å². The van der Waals surface area contributed by atoms with Gasteiger partial charge in [0.2, 0.25) is 5.96 Å². The lowest BCUT2D eigenvalue weighted by Gasteiger charge is -2.12. The Hall–Kier alpha value is -2.01. The number of rotatable bonds is 3. The molecule has 1 fully saturated rings. The van der Waals surface area contributed by atoms with Gasteiger partial charge in [-0.05, 0) is 45.5 Å². The lowest BCUT2D eigenvalue weighted by molar-refractivity contribution is 0.232. The molecule has 1 aliphatic heterocycles. The zero-order chi connectivity index (χ0) is 18.2. The Kier molecular flexibility index (Phi) is 7.79. The summed E-state index contributed by atoms with van der Waals surface area (Å²) < 4.78 is 31.2. The van der Waals surface area contributed by atoms with Crippen molar-refractivity contribution in [3.63, 3.8) is 0 Å². The van der Waals surface area contributed by atoms with Crippen molar-refractivity contribution in [1.82, 2.24) is 10.4 Å². The minimum Gasteiger partial charge on any atom is -0.744 e. The van der Waals surface area contributed by atoms with Crippen molar-refractivity contribution in [3.05, 3.63) is 29.8 Å². The van der Waals surface area contributed by atoms with Crippen molar-refractivity contribution in [1.29, 1.82) is 0 Å². The van der Waals surface area contributed by atoms with Crippen LogP contribution in [0.5, 0.6) is 0 Å². The zero-order valence-electron chi connectivity index (χ0n) is 13.6. The third kappa shape index (κ3) is 7.04. The molecular weight excluding hydrogens is 334 g/mol. The number of hydrogen-bond acceptors (Lipinski definition) is 7. The summed E-state index contributed by atoms with van der Waals surface area (Å²) in [6.45, 7) is 2.91. The summed E-state index contributed by atoms with van der Waals surface area (Å²) >= 11 is 0. The van der Waals surface area contributed by atoms with Gasteiger partial charge in [-0.3, -0.25) is 10.1 Å². The van der Waals surface area contributed by atoms with Gasteiger partial charge in [0.1, 0.15) is 10.1 Å². The van der Waals surface area contributed by atoms with Crippen LogP contribution in [-0.4, -0.2) is 54.9 Å². The van der Waals surface area contributed by atoms with Gasteiger partial charge in [-0.2, -0.15) is 5.10 Å². The van der Waals surface area contributed by atoms with Crippen LogP contribution in [0.4, 0.5) is 0 Å². The Morgan fingerprint density at radius 2 is 2.08 bits per heavy atom. The minimum atomic E-state index is -4.27. The zero-order valence-corrected chi connectivity index (χ0v) is 14.4. The molecule has 0 bridgehead atoms. The highest BCUT2D eigenvalue weighted by Gasteiger charge is 2.18. The molecule has 1 heterocycles. The normalized spacial score (nSPS) is 19.2. The van der Waals surface area contributed by atoms with E-state index < -0.39 is 10.1 Å². The Morgan fingerprint density at radius 3 is 2.54 bits per heavy atom. The van der Waals surface area contributed by atoms with Crippen molar-refractivity contribution in [3.8, 4) is 0 Å². The number of guanidine groups is 1. The van der Waals surface area contributed by atoms with Gasteiger partial charge >= 0.3 is 0 Å². The number of aryl methyl sites for hydroxylation is 1. The maximum absolute atomic E-state index is 10.4. The molecule has 1 aliphatic rings. The molecule has 0 saturated carbocycles. The van der Waals surface area contributed by atoms with Gasteiger partial charge in [0.05, 0.1) is 4.90 Å². The summed E-state index contributed by atoms with van der Waals surface area (Å²) in [5, 5.41) is 15.6. The smallest absolute Gasteiger partial charge is 0.237 e. The van der Waals surface area contributed by atoms with Crippen LogP contribution in [0.25, 0.3) is 0 Å². The van der Waals surface area contributed by atoms with Crippen LogP contribution < -0.4 is 11.2 Å². The number of hydroxylamine groups is 1. The van der Waals surface area contributed by atoms with E-state index >= 15 is 0 Å². The predicted octanol–water partition coefficient (Wildman–Crippen LogP) is 0.259. The van der Waals surface area contributed by atoms with Crippen LogP contribution >= 0.6 is 0 Å². The van der Waals surface area contributed by atoms with Crippen molar-refractivity contribution < 1.29 is 18.2 Å². The molecule has 0 spiro atoms. The molecule has 0 radical (unpaired) electrons. The fraction of sp³-hybridized carbons (Fsp3) is 0.429. The van der Waals surface area contributed by atoms with Gasteiger partial charge in [-0.25, -0.2) is 13.9 Å². The molecule has 1 saturated heterocycles. The van der Waals surface area contributed by atoms with E-state index in [1.165, 1.54) is 18.6 Å². The van der Waals surface area contributed by atoms with Crippen LogP contribution in [0.2, 0.25) is 0 Å². The number of nitrogens with one attached hydrogen (secondary N) is 1. The summed E-state index contributed by atoms with van der Waals surface area (Å²) in [4.78, 5) is 2.02. The average molecular weight is 356 g/mol. The standard InChI is InChI=1S/C7H15N5O.C7H8O3S/c1-12-4-2-3-6(12)5-9-10-7(8)11-13;1-6-2-4-7(5-3-6)11(8,9)10/h5-6,13H,2-4H2,1H3,(H3,8,10,11);2-5H,1H3,(H,8,9,10)/p-1/b9-5+;. The number of nitrogens with zero attached hydrogens (tertiary/aromatic N) is 3. The molecule has 0 amide bonds. The molecule has 1 unspecified atom stereocenters. The molecule has 24 heavy (non-hydrogen) atoms. The van der Waals surface area contributed by atoms with E-state index in [1.807, 2.05) is 14.0 Å². The highest BCUT2D eigenvalue weighted by atomic mass is 32.2. The molecule has 1 atom stereocenters. The maximum Gasteiger partial charge on any atom is 0.237 e. The van der Waals surface area contributed by atoms with E-state index in [4.69, 9.17) is 10.9 Å². The van der Waals surface area contributed by atoms with Crippen LogP contribution in [0.15, 0.2) is 39.4 Å². The van der Waals surface area contributed by atoms with Crippen molar-refractivity contribution >= 4 is 22.3 Å². The first-order chi connectivity index (χ1) is 11.2. The second kappa shape index (κ2) is 9.33. The number of benzene rings is 1. The van der Waals surface area contributed by atoms with Crippen LogP contribution in [-0.2, 0) is 10.1 Å². The van der Waals surface area contributed by atoms with Crippen molar-refractivity contribution in [2.24, 2.45) is 15.9 Å². The Morgan fingerprint density at radius 1 is 1.46 bits per heavy atom. The van der Waals surface area contributed by atoms with E-state index in [1.54, 1.807) is 23.8 Å². The average Bonchev–Trinajstić information content (AvgIpc) is 2.92. The first-order valence-corrected chi connectivity index (χ1v) is 8.64. The maximum atomic E-state index is 10.4. The first-order valence-electron chi connectivity index (χ1n) is 7.23. The van der Waals surface area contributed by atoms with Gasteiger partial charge in [-0.15, -0.1) is 5.10 Å². The van der Waals surface area contributed by atoms with E-state index in [0.29, 0.717) is 6.04 Å². The number of hydrogen-bond donors (Lipinski definition) is 3. The number of likely N-dealkylation sites (tertiary alicyclic amines) is 1. The monoisotopic (exact) mass is 356 g/mol. The molecule has 2 rings (SSSR count). The molecule has 9 nitrogen and oxygen atoms in total. The summed E-state index contributed by atoms with van der Waals surface area (Å²) in [6, 6.07) is 6.13. The molecule has 0 aromatic heterocycles. The number of nitrogens with two attached hydrogens (primary N) is 1. The first kappa shape index (κ1) is 20.0. The second-order valence-corrected chi connectivity index (χ2v) is 6.70. The molecule has 134 valence electrons. The van der Waals surface area contributed by atoms with Crippen LogP contribution in [0.1, 0.15) is 18.4 Å². The van der Waals surface area contributed by atoms with Gasteiger partial charge in [-0.1, -0.05) is 17.7 Å². The third-order valence-electron chi connectivity index (χ3n) is 3.41. The van der Waals surface area contributed by atoms with E-state index in [0.717, 1.165) is 18.5 Å². The Balaban J connectivity index is 0.000000243. The molecule has 1 aromatic rings. The van der Waals surface area contributed by atoms with Gasteiger partial charge < -0.3 is 10.3 Å². The second-order valence-electron chi connectivity index (χ2n) is 5.32. The summed E-state index contributed by atoms with van der Waals surface area (Å²) in [6.07, 6.45) is 4.02. The summed E-state index contributed by atoms with van der Waals surface area (Å²) in [5.41, 5.74) is 7.78. The minimum absolute atomic E-state index is 0.100. The quantitative estimate of drug-likeness (QED) is 0.305.